The summed E-state index contributed by atoms with van der Waals surface area (Å²) in [7, 11) is 0. The first-order valence-electron chi connectivity index (χ1n) is 6.74. The van der Waals surface area contributed by atoms with Crippen molar-refractivity contribution in [3.8, 4) is 0 Å². The zero-order valence-corrected chi connectivity index (χ0v) is 14.7. The lowest BCUT2D eigenvalue weighted by Crippen LogP contribution is -2.28. The first-order chi connectivity index (χ1) is 10.0. The first kappa shape index (κ1) is 16.8. The van der Waals surface area contributed by atoms with E-state index in [1.165, 1.54) is 11.8 Å². The highest BCUT2D eigenvalue weighted by molar-refractivity contribution is 8.26. The zero-order chi connectivity index (χ0) is 15.4. The van der Waals surface area contributed by atoms with Crippen molar-refractivity contribution in [3.05, 3.63) is 38.7 Å². The highest BCUT2D eigenvalue weighted by Crippen LogP contribution is 2.35. The molecule has 1 aromatic carbocycles. The van der Waals surface area contributed by atoms with Crippen molar-refractivity contribution < 1.29 is 4.79 Å². The van der Waals surface area contributed by atoms with E-state index in [2.05, 4.69) is 6.92 Å². The van der Waals surface area contributed by atoms with Crippen molar-refractivity contribution in [2.75, 3.05) is 6.54 Å². The second kappa shape index (κ2) is 7.63. The Kier molecular flexibility index (Phi) is 6.11. The normalized spacial score (nSPS) is 17.1. The number of unbranched alkanes of at least 4 members (excludes halogenated alkanes) is 2. The molecule has 0 spiro atoms. The van der Waals surface area contributed by atoms with Gasteiger partial charge in [0.05, 0.1) is 4.91 Å². The molecule has 0 atom stereocenters. The lowest BCUT2D eigenvalue weighted by Gasteiger charge is -2.13. The molecule has 1 aromatic rings. The Hall–Kier alpha value is -0.550. The number of thioether (sulfide) groups is 1. The minimum atomic E-state index is -0.0583. The van der Waals surface area contributed by atoms with Crippen LogP contribution < -0.4 is 0 Å². The molecule has 0 aromatic heterocycles. The molecule has 0 N–H and O–H groups in total. The maximum Gasteiger partial charge on any atom is 0.266 e. The monoisotopic (exact) mass is 359 g/mol. The molecular formula is C15H15Cl2NOS2. The van der Waals surface area contributed by atoms with Gasteiger partial charge in [-0.15, -0.1) is 0 Å². The molecule has 112 valence electrons. The fourth-order valence-electron chi connectivity index (χ4n) is 1.99. The molecule has 0 bridgehead atoms. The molecule has 1 aliphatic rings. The maximum atomic E-state index is 12.4. The Morgan fingerprint density at radius 1 is 1.29 bits per heavy atom. The first-order valence-corrected chi connectivity index (χ1v) is 8.72. The van der Waals surface area contributed by atoms with Crippen LogP contribution in [0.1, 0.15) is 31.7 Å². The van der Waals surface area contributed by atoms with Crippen LogP contribution in [0, 0.1) is 0 Å². The summed E-state index contributed by atoms with van der Waals surface area (Å²) in [5.41, 5.74) is 0.662. The standard InChI is InChI=1S/C15H15Cl2NOS2/c1-2-3-4-8-18-14(19)13(21-15(18)20)9-10-11(16)6-5-7-12(10)17/h5-7,9H,2-4,8H2,1H3/b13-9-. The van der Waals surface area contributed by atoms with Crippen molar-refractivity contribution in [2.24, 2.45) is 0 Å². The van der Waals surface area contributed by atoms with Crippen LogP contribution in [0.25, 0.3) is 6.08 Å². The van der Waals surface area contributed by atoms with E-state index in [0.29, 0.717) is 31.4 Å². The molecule has 2 rings (SSSR count). The second-order valence-corrected chi connectivity index (χ2v) is 7.17. The Bertz CT molecular complexity index is 581. The van der Waals surface area contributed by atoms with Crippen molar-refractivity contribution in [3.63, 3.8) is 0 Å². The predicted molar refractivity (Wildman–Crippen MR) is 95.9 cm³/mol. The molecule has 1 heterocycles. The molecule has 6 heteroatoms. The van der Waals surface area contributed by atoms with E-state index in [9.17, 15) is 4.79 Å². The smallest absolute Gasteiger partial charge is 0.266 e. The van der Waals surface area contributed by atoms with E-state index in [-0.39, 0.29) is 5.91 Å². The highest BCUT2D eigenvalue weighted by atomic mass is 35.5. The number of benzene rings is 1. The molecule has 1 fully saturated rings. The van der Waals surface area contributed by atoms with Crippen LogP contribution in [-0.4, -0.2) is 21.7 Å². The summed E-state index contributed by atoms with van der Waals surface area (Å²) in [4.78, 5) is 14.6. The number of halogens is 2. The maximum absolute atomic E-state index is 12.4. The fourth-order valence-corrected chi connectivity index (χ4v) is 3.79. The van der Waals surface area contributed by atoms with Crippen molar-refractivity contribution in [1.29, 1.82) is 0 Å². The Balaban J connectivity index is 2.20. The van der Waals surface area contributed by atoms with E-state index in [1.807, 2.05) is 0 Å². The van der Waals surface area contributed by atoms with Gasteiger partial charge in [0.15, 0.2) is 0 Å². The fraction of sp³-hybridized carbons (Fsp3) is 0.333. The van der Waals surface area contributed by atoms with Crippen molar-refractivity contribution in [1.82, 2.24) is 4.90 Å². The van der Waals surface area contributed by atoms with Crippen LogP contribution in [0.5, 0.6) is 0 Å². The van der Waals surface area contributed by atoms with E-state index in [4.69, 9.17) is 35.4 Å². The van der Waals surface area contributed by atoms with Gasteiger partial charge in [-0.05, 0) is 24.6 Å². The SMILES string of the molecule is CCCCCN1C(=O)/C(=C/c2c(Cl)cccc2Cl)SC1=S. The van der Waals surface area contributed by atoms with Gasteiger partial charge in [-0.25, -0.2) is 0 Å². The van der Waals surface area contributed by atoms with Gasteiger partial charge in [-0.3, -0.25) is 9.69 Å². The molecule has 0 unspecified atom stereocenters. The van der Waals surface area contributed by atoms with Crippen LogP contribution in [0.3, 0.4) is 0 Å². The van der Waals surface area contributed by atoms with Gasteiger partial charge in [-0.1, -0.05) is 73.0 Å². The average Bonchev–Trinajstić information content (AvgIpc) is 2.70. The topological polar surface area (TPSA) is 20.3 Å². The summed E-state index contributed by atoms with van der Waals surface area (Å²) in [5.74, 6) is -0.0583. The second-order valence-electron chi connectivity index (χ2n) is 4.68. The molecule has 2 nitrogen and oxygen atoms in total. The summed E-state index contributed by atoms with van der Waals surface area (Å²) < 4.78 is 0.602. The van der Waals surface area contributed by atoms with Crippen LogP contribution in [0.2, 0.25) is 10.0 Å². The number of thiocarbonyl (C=S) groups is 1. The number of hydrogen-bond acceptors (Lipinski definition) is 3. The quantitative estimate of drug-likeness (QED) is 0.399. The molecule has 0 aliphatic carbocycles. The van der Waals surface area contributed by atoms with Crippen LogP contribution in [0.15, 0.2) is 23.1 Å². The van der Waals surface area contributed by atoms with E-state index >= 15 is 0 Å². The molecule has 21 heavy (non-hydrogen) atoms. The third-order valence-corrected chi connectivity index (χ3v) is 5.17. The van der Waals surface area contributed by atoms with Gasteiger partial charge < -0.3 is 0 Å². The summed E-state index contributed by atoms with van der Waals surface area (Å²) >= 11 is 18.9. The molecule has 1 saturated heterocycles. The molecule has 1 aliphatic heterocycles. The Labute approximate surface area is 144 Å². The van der Waals surface area contributed by atoms with Crippen molar-refractivity contribution >= 4 is 63.5 Å². The third kappa shape index (κ3) is 4.01. The van der Waals surface area contributed by atoms with Crippen molar-refractivity contribution in [2.45, 2.75) is 26.2 Å². The molecule has 0 radical (unpaired) electrons. The Morgan fingerprint density at radius 2 is 1.95 bits per heavy atom. The van der Waals surface area contributed by atoms with E-state index < -0.39 is 0 Å². The van der Waals surface area contributed by atoms with E-state index in [0.717, 1.165) is 19.3 Å². The van der Waals surface area contributed by atoms with Gasteiger partial charge in [0, 0.05) is 22.2 Å². The average molecular weight is 360 g/mol. The lowest BCUT2D eigenvalue weighted by molar-refractivity contribution is -0.122. The van der Waals surface area contributed by atoms with Gasteiger partial charge >= 0.3 is 0 Å². The zero-order valence-electron chi connectivity index (χ0n) is 11.6. The largest absolute Gasteiger partial charge is 0.293 e. The number of nitrogens with zero attached hydrogens (tertiary/aromatic N) is 1. The Morgan fingerprint density at radius 3 is 2.57 bits per heavy atom. The van der Waals surface area contributed by atoms with Gasteiger partial charge in [0.1, 0.15) is 4.32 Å². The summed E-state index contributed by atoms with van der Waals surface area (Å²) in [6.07, 6.45) is 4.89. The van der Waals surface area contributed by atoms with Crippen LogP contribution in [0.4, 0.5) is 0 Å². The minimum absolute atomic E-state index is 0.0583. The third-order valence-electron chi connectivity index (χ3n) is 3.13. The number of hydrogen-bond donors (Lipinski definition) is 0. The van der Waals surface area contributed by atoms with Crippen LogP contribution in [-0.2, 0) is 4.79 Å². The van der Waals surface area contributed by atoms with Gasteiger partial charge in [0.25, 0.3) is 5.91 Å². The van der Waals surface area contributed by atoms with Gasteiger partial charge in [0.2, 0.25) is 0 Å². The molecule has 0 saturated carbocycles. The number of carbonyl (C=O) groups excluding carboxylic acids is 1. The summed E-state index contributed by atoms with van der Waals surface area (Å²) in [5, 5.41) is 1.05. The summed E-state index contributed by atoms with van der Waals surface area (Å²) in [6, 6.07) is 5.28. The predicted octanol–water partition coefficient (Wildman–Crippen LogP) is 5.38. The number of rotatable bonds is 5. The van der Waals surface area contributed by atoms with E-state index in [1.54, 1.807) is 29.2 Å². The highest BCUT2D eigenvalue weighted by Gasteiger charge is 2.31. The lowest BCUT2D eigenvalue weighted by atomic mass is 10.2. The number of amides is 1. The number of carbonyl (C=O) groups is 1. The van der Waals surface area contributed by atoms with Crippen LogP contribution >= 0.6 is 47.2 Å². The minimum Gasteiger partial charge on any atom is -0.293 e. The molecule has 1 amide bonds. The van der Waals surface area contributed by atoms with Gasteiger partial charge in [-0.2, -0.15) is 0 Å². The summed E-state index contributed by atoms with van der Waals surface area (Å²) in [6.45, 7) is 2.80. The molecular weight excluding hydrogens is 345 g/mol.